The van der Waals surface area contributed by atoms with Crippen LogP contribution in [0.1, 0.15) is 32.8 Å². The van der Waals surface area contributed by atoms with Gasteiger partial charge >= 0.3 is 0 Å². The van der Waals surface area contributed by atoms with Gasteiger partial charge in [-0.1, -0.05) is 26.0 Å². The van der Waals surface area contributed by atoms with Crippen LogP contribution in [0.3, 0.4) is 0 Å². The molecule has 1 saturated heterocycles. The largest absolute Gasteiger partial charge is 0.378 e. The molecule has 1 aromatic carbocycles. The lowest BCUT2D eigenvalue weighted by molar-refractivity contribution is -0.151. The van der Waals surface area contributed by atoms with E-state index in [1.165, 1.54) is 0 Å². The average molecular weight is 345 g/mol. The van der Waals surface area contributed by atoms with Gasteiger partial charge in [0.2, 0.25) is 11.8 Å². The number of hydrogen-bond donors (Lipinski definition) is 0. The van der Waals surface area contributed by atoms with Gasteiger partial charge in [-0.3, -0.25) is 9.59 Å². The molecule has 0 saturated carbocycles. The highest BCUT2D eigenvalue weighted by Crippen LogP contribution is 2.17. The highest BCUT2D eigenvalue weighted by molar-refractivity contribution is 5.88. The summed E-state index contributed by atoms with van der Waals surface area (Å²) < 4.78 is 0. The predicted molar refractivity (Wildman–Crippen MR) is 102 cm³/mol. The summed E-state index contributed by atoms with van der Waals surface area (Å²) in [6.45, 7) is 8.11. The van der Waals surface area contributed by atoms with Crippen LogP contribution in [0.5, 0.6) is 0 Å². The SMILES string of the molecule is CC(C)CN1CCN(C(=O)CCc2ccc(N(C)C)cc2)[C@@H](C)C1=O. The van der Waals surface area contributed by atoms with Crippen LogP contribution in [0.2, 0.25) is 0 Å². The Balaban J connectivity index is 1.89. The number of hydrogen-bond acceptors (Lipinski definition) is 3. The fourth-order valence-electron chi connectivity index (χ4n) is 3.25. The van der Waals surface area contributed by atoms with Crippen LogP contribution in [-0.4, -0.2) is 61.4 Å². The summed E-state index contributed by atoms with van der Waals surface area (Å²) in [7, 11) is 4.02. The second-order valence-corrected chi connectivity index (χ2v) is 7.50. The van der Waals surface area contributed by atoms with Crippen molar-refractivity contribution in [3.05, 3.63) is 29.8 Å². The molecule has 1 aliphatic heterocycles. The summed E-state index contributed by atoms with van der Waals surface area (Å²) >= 11 is 0. The Morgan fingerprint density at radius 3 is 2.40 bits per heavy atom. The smallest absolute Gasteiger partial charge is 0.245 e. The van der Waals surface area contributed by atoms with E-state index in [0.717, 1.165) is 17.8 Å². The van der Waals surface area contributed by atoms with Crippen molar-refractivity contribution in [1.82, 2.24) is 9.80 Å². The van der Waals surface area contributed by atoms with Crippen LogP contribution in [0.15, 0.2) is 24.3 Å². The van der Waals surface area contributed by atoms with Crippen LogP contribution < -0.4 is 4.90 Å². The van der Waals surface area contributed by atoms with Gasteiger partial charge < -0.3 is 14.7 Å². The first-order chi connectivity index (χ1) is 11.8. The molecule has 1 fully saturated rings. The van der Waals surface area contributed by atoms with Gasteiger partial charge in [0.1, 0.15) is 6.04 Å². The normalized spacial score (nSPS) is 18.0. The maximum Gasteiger partial charge on any atom is 0.245 e. The van der Waals surface area contributed by atoms with Gasteiger partial charge in [0.15, 0.2) is 0 Å². The van der Waals surface area contributed by atoms with Crippen molar-refractivity contribution in [3.63, 3.8) is 0 Å². The van der Waals surface area contributed by atoms with Crippen LogP contribution in [0, 0.1) is 5.92 Å². The lowest BCUT2D eigenvalue weighted by atomic mass is 10.1. The molecule has 0 unspecified atom stereocenters. The fourth-order valence-corrected chi connectivity index (χ4v) is 3.25. The Morgan fingerprint density at radius 1 is 1.20 bits per heavy atom. The monoisotopic (exact) mass is 345 g/mol. The lowest BCUT2D eigenvalue weighted by Crippen LogP contribution is -2.58. The predicted octanol–water partition coefficient (Wildman–Crippen LogP) is 2.40. The third-order valence-corrected chi connectivity index (χ3v) is 4.73. The van der Waals surface area contributed by atoms with Crippen LogP contribution in [0.4, 0.5) is 5.69 Å². The Hall–Kier alpha value is -2.04. The fraction of sp³-hybridized carbons (Fsp3) is 0.600. The Labute approximate surface area is 151 Å². The van der Waals surface area contributed by atoms with Crippen molar-refractivity contribution in [1.29, 1.82) is 0 Å². The highest BCUT2D eigenvalue weighted by Gasteiger charge is 2.33. The number of anilines is 1. The van der Waals surface area contributed by atoms with E-state index in [-0.39, 0.29) is 17.9 Å². The molecule has 0 aliphatic carbocycles. The molecule has 1 aliphatic rings. The number of benzene rings is 1. The van der Waals surface area contributed by atoms with Crippen LogP contribution >= 0.6 is 0 Å². The van der Waals surface area contributed by atoms with E-state index < -0.39 is 0 Å². The van der Waals surface area contributed by atoms with E-state index in [1.807, 2.05) is 25.9 Å². The maximum absolute atomic E-state index is 12.6. The van der Waals surface area contributed by atoms with Crippen molar-refractivity contribution in [2.45, 2.75) is 39.7 Å². The van der Waals surface area contributed by atoms with Gasteiger partial charge in [-0.2, -0.15) is 0 Å². The quantitative estimate of drug-likeness (QED) is 0.795. The molecule has 0 aromatic heterocycles. The minimum atomic E-state index is -0.351. The zero-order chi connectivity index (χ0) is 18.6. The number of nitrogens with zero attached hydrogens (tertiary/aromatic N) is 3. The van der Waals surface area contributed by atoms with E-state index >= 15 is 0 Å². The van der Waals surface area contributed by atoms with E-state index in [2.05, 4.69) is 43.0 Å². The minimum Gasteiger partial charge on any atom is -0.378 e. The van der Waals surface area contributed by atoms with E-state index in [0.29, 0.717) is 31.8 Å². The number of aryl methyl sites for hydroxylation is 1. The minimum absolute atomic E-state index is 0.0710. The molecular weight excluding hydrogens is 314 g/mol. The molecule has 0 N–H and O–H groups in total. The first kappa shape index (κ1) is 19.3. The lowest BCUT2D eigenvalue weighted by Gasteiger charge is -2.39. The number of carbonyl (C=O) groups is 2. The first-order valence-corrected chi connectivity index (χ1v) is 9.14. The van der Waals surface area contributed by atoms with Gasteiger partial charge in [0.05, 0.1) is 0 Å². The molecule has 2 amide bonds. The molecular formula is C20H31N3O2. The average Bonchev–Trinajstić information content (AvgIpc) is 2.57. The Morgan fingerprint density at radius 2 is 1.84 bits per heavy atom. The van der Waals surface area contributed by atoms with Gasteiger partial charge in [0.25, 0.3) is 0 Å². The molecule has 138 valence electrons. The molecule has 2 rings (SSSR count). The zero-order valence-electron chi connectivity index (χ0n) is 16.2. The Bertz CT molecular complexity index is 595. The molecule has 1 atom stereocenters. The second-order valence-electron chi connectivity index (χ2n) is 7.50. The number of amides is 2. The van der Waals surface area contributed by atoms with Crippen molar-refractivity contribution < 1.29 is 9.59 Å². The zero-order valence-corrected chi connectivity index (χ0v) is 16.2. The summed E-state index contributed by atoms with van der Waals surface area (Å²) in [5.74, 6) is 0.592. The van der Waals surface area contributed by atoms with Crippen molar-refractivity contribution in [2.75, 3.05) is 38.6 Å². The standard InChI is InChI=1S/C20H31N3O2/c1-15(2)14-22-12-13-23(16(3)20(22)25)19(24)11-8-17-6-9-18(10-7-17)21(4)5/h6-7,9-10,15-16H,8,11-14H2,1-5H3/t16-/m0/s1. The molecule has 0 spiro atoms. The third-order valence-electron chi connectivity index (χ3n) is 4.73. The first-order valence-electron chi connectivity index (χ1n) is 9.14. The molecule has 1 heterocycles. The topological polar surface area (TPSA) is 43.9 Å². The second kappa shape index (κ2) is 8.37. The molecule has 1 aromatic rings. The van der Waals surface area contributed by atoms with E-state index in [4.69, 9.17) is 0 Å². The maximum atomic E-state index is 12.6. The van der Waals surface area contributed by atoms with Crippen LogP contribution in [0.25, 0.3) is 0 Å². The van der Waals surface area contributed by atoms with E-state index in [1.54, 1.807) is 4.90 Å². The number of piperazine rings is 1. The summed E-state index contributed by atoms with van der Waals surface area (Å²) in [6, 6.07) is 7.92. The van der Waals surface area contributed by atoms with Crippen LogP contribution in [-0.2, 0) is 16.0 Å². The summed E-state index contributed by atoms with van der Waals surface area (Å²) in [5.41, 5.74) is 2.30. The van der Waals surface area contributed by atoms with Gasteiger partial charge in [-0.15, -0.1) is 0 Å². The third kappa shape index (κ3) is 4.97. The van der Waals surface area contributed by atoms with Crippen molar-refractivity contribution in [3.8, 4) is 0 Å². The van der Waals surface area contributed by atoms with Gasteiger partial charge in [0, 0.05) is 45.8 Å². The van der Waals surface area contributed by atoms with Gasteiger partial charge in [-0.25, -0.2) is 0 Å². The number of rotatable bonds is 6. The van der Waals surface area contributed by atoms with E-state index in [9.17, 15) is 9.59 Å². The summed E-state index contributed by atoms with van der Waals surface area (Å²) in [4.78, 5) is 30.7. The summed E-state index contributed by atoms with van der Waals surface area (Å²) in [6.07, 6.45) is 1.16. The molecule has 0 bridgehead atoms. The number of carbonyl (C=O) groups excluding carboxylic acids is 2. The molecule has 5 heteroatoms. The van der Waals surface area contributed by atoms with Crippen molar-refractivity contribution >= 4 is 17.5 Å². The molecule has 5 nitrogen and oxygen atoms in total. The van der Waals surface area contributed by atoms with Gasteiger partial charge in [-0.05, 0) is 37.0 Å². The Kier molecular flexibility index (Phi) is 6.45. The highest BCUT2D eigenvalue weighted by atomic mass is 16.2. The molecule has 25 heavy (non-hydrogen) atoms. The van der Waals surface area contributed by atoms with Crippen molar-refractivity contribution in [2.24, 2.45) is 5.92 Å². The summed E-state index contributed by atoms with van der Waals surface area (Å²) in [5, 5.41) is 0. The molecule has 0 radical (unpaired) electrons.